The second-order valence-electron chi connectivity index (χ2n) is 4.60. The molecule has 1 aliphatic heterocycles. The van der Waals surface area contributed by atoms with Gasteiger partial charge in [0.05, 0.1) is 6.10 Å². The number of fused-ring (bicyclic) bond motifs is 1. The number of rotatable bonds is 1. The molecule has 3 rings (SSSR count). The van der Waals surface area contributed by atoms with Gasteiger partial charge in [-0.25, -0.2) is 4.39 Å². The van der Waals surface area contributed by atoms with Crippen molar-refractivity contribution in [1.82, 2.24) is 0 Å². The van der Waals surface area contributed by atoms with Gasteiger partial charge in [-0.2, -0.15) is 0 Å². The van der Waals surface area contributed by atoms with E-state index in [0.717, 1.165) is 10.0 Å². The third kappa shape index (κ3) is 2.51. The maximum absolute atomic E-state index is 13.2. The number of hydrogen-bond acceptors (Lipinski definition) is 2. The summed E-state index contributed by atoms with van der Waals surface area (Å²) in [5, 5.41) is 10.1. The molecule has 0 bridgehead atoms. The van der Waals surface area contributed by atoms with E-state index in [1.54, 1.807) is 6.07 Å². The Morgan fingerprint density at radius 1 is 1.21 bits per heavy atom. The molecule has 1 aliphatic rings. The standard InChI is InChI=1S/C15H12BrFO2/c16-10-3-1-2-9(6-10)15-8-13(18)12-7-11(17)4-5-14(12)19-15/h1-7,13,15,18H,8H2/t13-,15?/m1/s1. The zero-order valence-electron chi connectivity index (χ0n) is 10.0. The zero-order chi connectivity index (χ0) is 13.4. The van der Waals surface area contributed by atoms with Gasteiger partial charge in [-0.05, 0) is 35.9 Å². The summed E-state index contributed by atoms with van der Waals surface area (Å²) in [6, 6.07) is 12.0. The number of aliphatic hydroxyl groups is 1. The molecule has 0 spiro atoms. The Bertz CT molecular complexity index is 615. The summed E-state index contributed by atoms with van der Waals surface area (Å²) >= 11 is 3.42. The van der Waals surface area contributed by atoms with E-state index in [9.17, 15) is 9.50 Å². The summed E-state index contributed by atoms with van der Waals surface area (Å²) in [6.07, 6.45) is -0.499. The van der Waals surface area contributed by atoms with Crippen molar-refractivity contribution in [3.63, 3.8) is 0 Å². The van der Waals surface area contributed by atoms with Crippen LogP contribution in [0.2, 0.25) is 0 Å². The van der Waals surface area contributed by atoms with E-state index in [0.29, 0.717) is 17.7 Å². The molecule has 0 fully saturated rings. The summed E-state index contributed by atoms with van der Waals surface area (Å²) in [5.41, 5.74) is 1.51. The SMILES string of the molecule is O[C@@H]1CC(c2cccc(Br)c2)Oc2ccc(F)cc21. The molecule has 0 radical (unpaired) electrons. The monoisotopic (exact) mass is 322 g/mol. The van der Waals surface area contributed by atoms with Crippen molar-refractivity contribution in [2.75, 3.05) is 0 Å². The van der Waals surface area contributed by atoms with Crippen molar-refractivity contribution in [1.29, 1.82) is 0 Å². The first kappa shape index (κ1) is 12.6. The third-order valence-electron chi connectivity index (χ3n) is 3.26. The molecule has 2 nitrogen and oxygen atoms in total. The lowest BCUT2D eigenvalue weighted by atomic mass is 9.95. The maximum atomic E-state index is 13.2. The van der Waals surface area contributed by atoms with Crippen molar-refractivity contribution >= 4 is 15.9 Å². The van der Waals surface area contributed by atoms with Crippen molar-refractivity contribution < 1.29 is 14.2 Å². The van der Waals surface area contributed by atoms with Crippen molar-refractivity contribution in [3.05, 3.63) is 63.9 Å². The fraction of sp³-hybridized carbons (Fsp3) is 0.200. The maximum Gasteiger partial charge on any atom is 0.127 e. The van der Waals surface area contributed by atoms with E-state index >= 15 is 0 Å². The minimum Gasteiger partial charge on any atom is -0.485 e. The number of benzene rings is 2. The second-order valence-corrected chi connectivity index (χ2v) is 5.51. The predicted octanol–water partition coefficient (Wildman–Crippen LogP) is 4.15. The molecule has 4 heteroatoms. The van der Waals surface area contributed by atoms with Crippen LogP contribution in [0.3, 0.4) is 0 Å². The fourth-order valence-corrected chi connectivity index (χ4v) is 2.75. The average molecular weight is 323 g/mol. The first-order valence-corrected chi connectivity index (χ1v) is 6.82. The van der Waals surface area contributed by atoms with E-state index in [-0.39, 0.29) is 11.9 Å². The first-order chi connectivity index (χ1) is 9.13. The van der Waals surface area contributed by atoms with Crippen LogP contribution in [0, 0.1) is 5.82 Å². The van der Waals surface area contributed by atoms with Crippen LogP contribution in [0.15, 0.2) is 46.9 Å². The van der Waals surface area contributed by atoms with Crippen LogP contribution in [0.1, 0.15) is 29.8 Å². The lowest BCUT2D eigenvalue weighted by molar-refractivity contribution is 0.0653. The van der Waals surface area contributed by atoms with E-state index in [1.807, 2.05) is 24.3 Å². The van der Waals surface area contributed by atoms with Gasteiger partial charge in [-0.3, -0.25) is 0 Å². The van der Waals surface area contributed by atoms with Crippen molar-refractivity contribution in [3.8, 4) is 5.75 Å². The number of hydrogen-bond donors (Lipinski definition) is 1. The third-order valence-corrected chi connectivity index (χ3v) is 3.75. The van der Waals surface area contributed by atoms with Crippen LogP contribution in [0.5, 0.6) is 5.75 Å². The molecule has 19 heavy (non-hydrogen) atoms. The molecule has 0 saturated carbocycles. The van der Waals surface area contributed by atoms with Gasteiger partial charge in [0.1, 0.15) is 17.7 Å². The molecule has 0 saturated heterocycles. The van der Waals surface area contributed by atoms with Gasteiger partial charge < -0.3 is 9.84 Å². The molecule has 0 aromatic heterocycles. The quantitative estimate of drug-likeness (QED) is 0.854. The van der Waals surface area contributed by atoms with E-state index < -0.39 is 6.10 Å². The molecule has 2 atom stereocenters. The highest BCUT2D eigenvalue weighted by molar-refractivity contribution is 9.10. The Morgan fingerprint density at radius 3 is 2.84 bits per heavy atom. The van der Waals surface area contributed by atoms with E-state index in [1.165, 1.54) is 12.1 Å². The summed E-state index contributed by atoms with van der Waals surface area (Å²) in [4.78, 5) is 0. The van der Waals surface area contributed by atoms with Crippen LogP contribution in [0.4, 0.5) is 4.39 Å². The largest absolute Gasteiger partial charge is 0.485 e. The fourth-order valence-electron chi connectivity index (χ4n) is 2.33. The van der Waals surface area contributed by atoms with E-state index in [2.05, 4.69) is 15.9 Å². The smallest absolute Gasteiger partial charge is 0.127 e. The molecular formula is C15H12BrFO2. The highest BCUT2D eigenvalue weighted by Gasteiger charge is 2.28. The Morgan fingerprint density at radius 2 is 2.05 bits per heavy atom. The number of halogens is 2. The Kier molecular flexibility index (Phi) is 3.29. The summed E-state index contributed by atoms with van der Waals surface area (Å²) in [7, 11) is 0. The summed E-state index contributed by atoms with van der Waals surface area (Å²) in [6.45, 7) is 0. The topological polar surface area (TPSA) is 29.5 Å². The molecule has 1 unspecified atom stereocenters. The van der Waals surface area contributed by atoms with Gasteiger partial charge in [0.2, 0.25) is 0 Å². The van der Waals surface area contributed by atoms with Crippen LogP contribution in [0.25, 0.3) is 0 Å². The first-order valence-electron chi connectivity index (χ1n) is 6.03. The van der Waals surface area contributed by atoms with Crippen LogP contribution in [-0.4, -0.2) is 5.11 Å². The summed E-state index contributed by atoms with van der Waals surface area (Å²) in [5.74, 6) is 0.187. The van der Waals surface area contributed by atoms with Gasteiger partial charge in [-0.1, -0.05) is 28.1 Å². The van der Waals surface area contributed by atoms with E-state index in [4.69, 9.17) is 4.74 Å². The highest BCUT2D eigenvalue weighted by Crippen LogP contribution is 2.41. The summed E-state index contributed by atoms with van der Waals surface area (Å²) < 4.78 is 20.0. The van der Waals surface area contributed by atoms with Crippen molar-refractivity contribution in [2.24, 2.45) is 0 Å². The van der Waals surface area contributed by atoms with Gasteiger partial charge in [-0.15, -0.1) is 0 Å². The Balaban J connectivity index is 1.95. The van der Waals surface area contributed by atoms with Gasteiger partial charge in [0.25, 0.3) is 0 Å². The van der Waals surface area contributed by atoms with Gasteiger partial charge >= 0.3 is 0 Å². The lowest BCUT2D eigenvalue weighted by Crippen LogP contribution is -2.19. The van der Waals surface area contributed by atoms with Crippen LogP contribution < -0.4 is 4.74 Å². The zero-order valence-corrected chi connectivity index (χ0v) is 11.6. The molecule has 1 heterocycles. The van der Waals surface area contributed by atoms with Crippen LogP contribution >= 0.6 is 15.9 Å². The average Bonchev–Trinajstić information content (AvgIpc) is 2.39. The van der Waals surface area contributed by atoms with Gasteiger partial charge in [0.15, 0.2) is 0 Å². The number of aliphatic hydroxyl groups excluding tert-OH is 1. The van der Waals surface area contributed by atoms with Crippen LogP contribution in [-0.2, 0) is 0 Å². The second kappa shape index (κ2) is 4.94. The Hall–Kier alpha value is -1.39. The van der Waals surface area contributed by atoms with Crippen molar-refractivity contribution in [2.45, 2.75) is 18.6 Å². The Labute approximate surface area is 119 Å². The minimum absolute atomic E-state index is 0.217. The molecule has 2 aromatic carbocycles. The molecular weight excluding hydrogens is 311 g/mol. The highest BCUT2D eigenvalue weighted by atomic mass is 79.9. The van der Waals surface area contributed by atoms with Gasteiger partial charge in [0, 0.05) is 16.5 Å². The predicted molar refractivity (Wildman–Crippen MR) is 73.5 cm³/mol. The number of ether oxygens (including phenoxy) is 1. The molecule has 98 valence electrons. The minimum atomic E-state index is -0.705. The molecule has 0 aliphatic carbocycles. The molecule has 2 aromatic rings. The molecule has 1 N–H and O–H groups in total. The normalized spacial score (nSPS) is 21.6. The molecule has 0 amide bonds. The lowest BCUT2D eigenvalue weighted by Gasteiger charge is -2.30.